The van der Waals surface area contributed by atoms with Crippen LogP contribution in [0.4, 0.5) is 0 Å². The molecule has 2 rings (SSSR count). The molecule has 1 aliphatic rings. The van der Waals surface area contributed by atoms with Crippen LogP contribution >= 0.6 is 0 Å². The predicted molar refractivity (Wildman–Crippen MR) is 82.8 cm³/mol. The van der Waals surface area contributed by atoms with Crippen molar-refractivity contribution in [3.8, 4) is 5.75 Å². The molecule has 0 radical (unpaired) electrons. The minimum absolute atomic E-state index is 0.0685. The Morgan fingerprint density at radius 2 is 2.09 bits per heavy atom. The molecule has 0 spiro atoms. The molecule has 1 saturated carbocycles. The number of amides is 1. The monoisotopic (exact) mass is 305 g/mol. The highest BCUT2D eigenvalue weighted by Crippen LogP contribution is 2.33. The van der Waals surface area contributed by atoms with Gasteiger partial charge in [-0.25, -0.2) is 4.79 Å². The zero-order valence-electron chi connectivity index (χ0n) is 13.0. The lowest BCUT2D eigenvalue weighted by Gasteiger charge is -2.14. The van der Waals surface area contributed by atoms with Crippen molar-refractivity contribution in [2.24, 2.45) is 5.92 Å². The van der Waals surface area contributed by atoms with Crippen molar-refractivity contribution >= 4 is 11.9 Å². The Hall–Kier alpha value is -2.04. The Morgan fingerprint density at radius 1 is 1.36 bits per heavy atom. The van der Waals surface area contributed by atoms with E-state index >= 15 is 0 Å². The molecule has 1 atom stereocenters. The van der Waals surface area contributed by atoms with Gasteiger partial charge in [-0.2, -0.15) is 0 Å². The fraction of sp³-hybridized carbons (Fsp3) is 0.529. The zero-order valence-corrected chi connectivity index (χ0v) is 13.0. The number of carbonyl (C=O) groups is 2. The van der Waals surface area contributed by atoms with Gasteiger partial charge in [-0.05, 0) is 43.9 Å². The summed E-state index contributed by atoms with van der Waals surface area (Å²) in [6.07, 6.45) is 2.88. The number of rotatable bonds is 8. The third-order valence-electron chi connectivity index (χ3n) is 3.53. The summed E-state index contributed by atoms with van der Waals surface area (Å²) in [6.45, 7) is 3.88. The van der Waals surface area contributed by atoms with Crippen molar-refractivity contribution in [3.63, 3.8) is 0 Å². The van der Waals surface area contributed by atoms with E-state index in [-0.39, 0.29) is 18.4 Å². The minimum Gasteiger partial charge on any atom is -0.491 e. The summed E-state index contributed by atoms with van der Waals surface area (Å²) in [6, 6.07) is 6.54. The highest BCUT2D eigenvalue weighted by molar-refractivity contribution is 5.84. The van der Waals surface area contributed by atoms with Crippen LogP contribution in [0.1, 0.15) is 38.7 Å². The van der Waals surface area contributed by atoms with Crippen molar-refractivity contribution in [1.29, 1.82) is 0 Å². The maximum Gasteiger partial charge on any atom is 0.326 e. The van der Waals surface area contributed by atoms with E-state index in [0.29, 0.717) is 18.1 Å². The Morgan fingerprint density at radius 3 is 2.68 bits per heavy atom. The molecule has 0 bridgehead atoms. The number of hydrogen-bond acceptors (Lipinski definition) is 3. The quantitative estimate of drug-likeness (QED) is 0.773. The van der Waals surface area contributed by atoms with Gasteiger partial charge in [0, 0.05) is 0 Å². The zero-order chi connectivity index (χ0) is 16.1. The molecular weight excluding hydrogens is 282 g/mol. The first-order chi connectivity index (χ1) is 10.4. The standard InChI is InChI=1S/C17H23NO4/c1-11(2)22-14-5-3-4-13(8-14)10-16(19)18-15(17(20)21)9-12-6-7-12/h3-5,8,11-12,15H,6-7,9-10H2,1-2H3,(H,18,19)(H,20,21). The normalized spacial score (nSPS) is 15.4. The van der Waals surface area contributed by atoms with E-state index in [1.165, 1.54) is 0 Å². The van der Waals surface area contributed by atoms with Gasteiger partial charge in [0.25, 0.3) is 0 Å². The molecule has 1 aromatic rings. The number of benzene rings is 1. The van der Waals surface area contributed by atoms with Crippen LogP contribution in [0.5, 0.6) is 5.75 Å². The highest BCUT2D eigenvalue weighted by atomic mass is 16.5. The van der Waals surface area contributed by atoms with Gasteiger partial charge in [0.05, 0.1) is 12.5 Å². The van der Waals surface area contributed by atoms with Crippen molar-refractivity contribution in [3.05, 3.63) is 29.8 Å². The molecule has 120 valence electrons. The summed E-state index contributed by atoms with van der Waals surface area (Å²) in [7, 11) is 0. The summed E-state index contributed by atoms with van der Waals surface area (Å²) < 4.78 is 5.59. The summed E-state index contributed by atoms with van der Waals surface area (Å²) in [4.78, 5) is 23.2. The fourth-order valence-corrected chi connectivity index (χ4v) is 2.34. The third-order valence-corrected chi connectivity index (χ3v) is 3.53. The first-order valence-corrected chi connectivity index (χ1v) is 7.72. The van der Waals surface area contributed by atoms with Crippen LogP contribution in [0.25, 0.3) is 0 Å². The Bertz CT molecular complexity index is 537. The van der Waals surface area contributed by atoms with Crippen LogP contribution in [0.2, 0.25) is 0 Å². The van der Waals surface area contributed by atoms with E-state index in [1.807, 2.05) is 38.1 Å². The Kier molecular flexibility index (Phi) is 5.41. The fourth-order valence-electron chi connectivity index (χ4n) is 2.34. The molecule has 1 aliphatic carbocycles. The predicted octanol–water partition coefficient (Wildman–Crippen LogP) is 2.39. The Labute approximate surface area is 130 Å². The lowest BCUT2D eigenvalue weighted by atomic mass is 10.1. The molecule has 5 heteroatoms. The first kappa shape index (κ1) is 16.3. The van der Waals surface area contributed by atoms with Crippen molar-refractivity contribution < 1.29 is 19.4 Å². The molecule has 0 heterocycles. The van der Waals surface area contributed by atoms with E-state index in [9.17, 15) is 14.7 Å². The van der Waals surface area contributed by atoms with Crippen molar-refractivity contribution in [2.75, 3.05) is 0 Å². The second kappa shape index (κ2) is 7.29. The maximum atomic E-state index is 12.0. The number of nitrogens with one attached hydrogen (secondary N) is 1. The summed E-state index contributed by atoms with van der Waals surface area (Å²) in [5.74, 6) is -0.0656. The van der Waals surface area contributed by atoms with Gasteiger partial charge in [0.2, 0.25) is 5.91 Å². The SMILES string of the molecule is CC(C)Oc1cccc(CC(=O)NC(CC2CC2)C(=O)O)c1. The molecule has 0 aromatic heterocycles. The summed E-state index contributed by atoms with van der Waals surface area (Å²) in [5.41, 5.74) is 0.811. The Balaban J connectivity index is 1.91. The number of ether oxygens (including phenoxy) is 1. The molecule has 22 heavy (non-hydrogen) atoms. The lowest BCUT2D eigenvalue weighted by molar-refractivity contribution is -0.142. The van der Waals surface area contributed by atoms with E-state index < -0.39 is 12.0 Å². The van der Waals surface area contributed by atoms with Gasteiger partial charge >= 0.3 is 5.97 Å². The highest BCUT2D eigenvalue weighted by Gasteiger charge is 2.30. The number of carboxylic acids is 1. The number of hydrogen-bond donors (Lipinski definition) is 2. The number of aliphatic carboxylic acids is 1. The van der Waals surface area contributed by atoms with Crippen LogP contribution < -0.4 is 10.1 Å². The second-order valence-corrected chi connectivity index (χ2v) is 6.13. The van der Waals surface area contributed by atoms with Crippen molar-refractivity contribution in [1.82, 2.24) is 5.32 Å². The molecule has 1 unspecified atom stereocenters. The topological polar surface area (TPSA) is 75.6 Å². The molecule has 0 saturated heterocycles. The lowest BCUT2D eigenvalue weighted by Crippen LogP contribution is -2.41. The van der Waals surface area contributed by atoms with Crippen LogP contribution in [0.15, 0.2) is 24.3 Å². The molecule has 5 nitrogen and oxygen atoms in total. The van der Waals surface area contributed by atoms with Crippen LogP contribution in [0, 0.1) is 5.92 Å². The van der Waals surface area contributed by atoms with Crippen molar-refractivity contribution in [2.45, 2.75) is 51.7 Å². The van der Waals surface area contributed by atoms with Crippen LogP contribution in [-0.4, -0.2) is 29.1 Å². The smallest absolute Gasteiger partial charge is 0.326 e. The largest absolute Gasteiger partial charge is 0.491 e. The molecule has 0 aliphatic heterocycles. The average Bonchev–Trinajstić information content (AvgIpc) is 3.21. The maximum absolute atomic E-state index is 12.0. The number of carbonyl (C=O) groups excluding carboxylic acids is 1. The molecule has 1 fully saturated rings. The molecular formula is C17H23NO4. The van der Waals surface area contributed by atoms with Crippen LogP contribution in [0.3, 0.4) is 0 Å². The van der Waals surface area contributed by atoms with E-state index in [0.717, 1.165) is 18.4 Å². The summed E-state index contributed by atoms with van der Waals surface area (Å²) in [5, 5.41) is 11.8. The van der Waals surface area contributed by atoms with E-state index in [4.69, 9.17) is 4.74 Å². The number of carboxylic acid groups (broad SMARTS) is 1. The molecule has 2 N–H and O–H groups in total. The first-order valence-electron chi connectivity index (χ1n) is 7.72. The molecule has 1 amide bonds. The minimum atomic E-state index is -0.961. The van der Waals surface area contributed by atoms with Gasteiger partial charge in [-0.1, -0.05) is 25.0 Å². The molecule has 1 aromatic carbocycles. The average molecular weight is 305 g/mol. The van der Waals surface area contributed by atoms with E-state index in [2.05, 4.69) is 5.32 Å². The second-order valence-electron chi connectivity index (χ2n) is 6.13. The third kappa shape index (κ3) is 5.39. The van der Waals surface area contributed by atoms with Crippen LogP contribution in [-0.2, 0) is 16.0 Å². The van der Waals surface area contributed by atoms with Gasteiger partial charge in [-0.3, -0.25) is 4.79 Å². The van der Waals surface area contributed by atoms with Gasteiger partial charge in [0.1, 0.15) is 11.8 Å². The van der Waals surface area contributed by atoms with E-state index in [1.54, 1.807) is 0 Å². The summed E-state index contributed by atoms with van der Waals surface area (Å²) >= 11 is 0. The van der Waals surface area contributed by atoms with Gasteiger partial charge in [-0.15, -0.1) is 0 Å². The van der Waals surface area contributed by atoms with Gasteiger partial charge in [0.15, 0.2) is 0 Å². The van der Waals surface area contributed by atoms with Gasteiger partial charge < -0.3 is 15.2 Å².